The highest BCUT2D eigenvalue weighted by Crippen LogP contribution is 2.17. The second-order valence-electron chi connectivity index (χ2n) is 6.74. The Balaban J connectivity index is 1.56. The van der Waals surface area contributed by atoms with Gasteiger partial charge in [0.1, 0.15) is 0 Å². The van der Waals surface area contributed by atoms with Crippen LogP contribution >= 0.6 is 0 Å². The topological polar surface area (TPSA) is 18.5 Å². The first kappa shape index (κ1) is 15.3. The Morgan fingerprint density at radius 3 is 2.63 bits per heavy atom. The van der Waals surface area contributed by atoms with Crippen molar-refractivity contribution in [1.82, 2.24) is 15.1 Å². The molecular formula is C16H33N3. The molecule has 3 nitrogen and oxygen atoms in total. The monoisotopic (exact) mass is 267 g/mol. The summed E-state index contributed by atoms with van der Waals surface area (Å²) >= 11 is 0. The molecular weight excluding hydrogens is 234 g/mol. The number of nitrogens with one attached hydrogen (secondary N) is 1. The molecule has 0 saturated carbocycles. The van der Waals surface area contributed by atoms with E-state index in [9.17, 15) is 0 Å². The number of piperidine rings is 2. The average Bonchev–Trinajstić information content (AvgIpc) is 2.40. The predicted octanol–water partition coefficient (Wildman–Crippen LogP) is 2.32. The molecule has 0 aliphatic carbocycles. The molecule has 1 N–H and O–H groups in total. The number of hydrogen-bond acceptors (Lipinski definition) is 3. The van der Waals surface area contributed by atoms with Gasteiger partial charge >= 0.3 is 0 Å². The molecule has 0 aromatic carbocycles. The maximum absolute atomic E-state index is 3.77. The van der Waals surface area contributed by atoms with Gasteiger partial charge in [0.2, 0.25) is 0 Å². The zero-order chi connectivity index (χ0) is 13.7. The van der Waals surface area contributed by atoms with Crippen LogP contribution in [0.5, 0.6) is 0 Å². The minimum Gasteiger partial charge on any atom is -0.314 e. The molecule has 0 amide bonds. The van der Waals surface area contributed by atoms with Gasteiger partial charge in [0.25, 0.3) is 0 Å². The van der Waals surface area contributed by atoms with Gasteiger partial charge in [-0.2, -0.15) is 0 Å². The van der Waals surface area contributed by atoms with Gasteiger partial charge in [0.15, 0.2) is 0 Å². The Hall–Kier alpha value is -0.120. The van der Waals surface area contributed by atoms with E-state index >= 15 is 0 Å². The van der Waals surface area contributed by atoms with E-state index in [1.54, 1.807) is 0 Å². The van der Waals surface area contributed by atoms with Crippen LogP contribution in [0.4, 0.5) is 0 Å². The summed E-state index contributed by atoms with van der Waals surface area (Å²) in [5.41, 5.74) is 0. The fourth-order valence-corrected chi connectivity index (χ4v) is 3.55. The Morgan fingerprint density at radius 1 is 1.05 bits per heavy atom. The van der Waals surface area contributed by atoms with Gasteiger partial charge in [-0.1, -0.05) is 6.42 Å². The molecule has 0 bridgehead atoms. The SMILES string of the molecule is CC1CC(NCCCN2CCCCC2C)CCN1C. The number of rotatable bonds is 5. The summed E-state index contributed by atoms with van der Waals surface area (Å²) in [5.74, 6) is 0. The Bertz CT molecular complexity index is 256. The van der Waals surface area contributed by atoms with Gasteiger partial charge in [-0.3, -0.25) is 0 Å². The third-order valence-electron chi connectivity index (χ3n) is 5.20. The maximum atomic E-state index is 3.77. The molecule has 0 radical (unpaired) electrons. The molecule has 2 saturated heterocycles. The fourth-order valence-electron chi connectivity index (χ4n) is 3.55. The minimum absolute atomic E-state index is 0.744. The van der Waals surface area contributed by atoms with Crippen molar-refractivity contribution >= 4 is 0 Å². The molecule has 3 atom stereocenters. The van der Waals surface area contributed by atoms with Crippen LogP contribution in [0.25, 0.3) is 0 Å². The van der Waals surface area contributed by atoms with Crippen molar-refractivity contribution in [2.24, 2.45) is 0 Å². The lowest BCUT2D eigenvalue weighted by molar-refractivity contribution is 0.151. The Morgan fingerprint density at radius 2 is 1.89 bits per heavy atom. The second kappa shape index (κ2) is 7.61. The van der Waals surface area contributed by atoms with E-state index in [1.807, 2.05) is 0 Å². The minimum atomic E-state index is 0.744. The van der Waals surface area contributed by atoms with Crippen LogP contribution in [0.3, 0.4) is 0 Å². The van der Waals surface area contributed by atoms with Crippen LogP contribution in [0.2, 0.25) is 0 Å². The lowest BCUT2D eigenvalue weighted by Crippen LogP contribution is -2.46. The summed E-state index contributed by atoms with van der Waals surface area (Å²) in [6, 6.07) is 2.32. The van der Waals surface area contributed by atoms with Crippen LogP contribution in [-0.4, -0.2) is 61.2 Å². The third-order valence-corrected chi connectivity index (χ3v) is 5.20. The molecule has 112 valence electrons. The zero-order valence-electron chi connectivity index (χ0n) is 13.2. The molecule has 2 rings (SSSR count). The summed E-state index contributed by atoms with van der Waals surface area (Å²) in [6.07, 6.45) is 8.19. The summed E-state index contributed by atoms with van der Waals surface area (Å²) < 4.78 is 0. The highest BCUT2D eigenvalue weighted by molar-refractivity contribution is 4.81. The maximum Gasteiger partial charge on any atom is 0.00940 e. The number of nitrogens with zero attached hydrogens (tertiary/aromatic N) is 2. The van der Waals surface area contributed by atoms with Gasteiger partial charge in [-0.25, -0.2) is 0 Å². The summed E-state index contributed by atoms with van der Waals surface area (Å²) in [7, 11) is 2.25. The third kappa shape index (κ3) is 4.73. The first-order chi connectivity index (χ1) is 9.16. The molecule has 3 unspecified atom stereocenters. The van der Waals surface area contributed by atoms with Crippen molar-refractivity contribution in [2.75, 3.05) is 33.2 Å². The Kier molecular flexibility index (Phi) is 6.11. The molecule has 2 aliphatic heterocycles. The van der Waals surface area contributed by atoms with Gasteiger partial charge in [0.05, 0.1) is 0 Å². The van der Waals surface area contributed by atoms with Gasteiger partial charge in [-0.15, -0.1) is 0 Å². The van der Waals surface area contributed by atoms with Crippen LogP contribution in [0.1, 0.15) is 52.4 Å². The molecule has 0 aromatic rings. The van der Waals surface area contributed by atoms with Crippen LogP contribution in [0, 0.1) is 0 Å². The molecule has 2 aliphatic rings. The first-order valence-electron chi connectivity index (χ1n) is 8.34. The van der Waals surface area contributed by atoms with E-state index in [-0.39, 0.29) is 0 Å². The summed E-state index contributed by atoms with van der Waals surface area (Å²) in [4.78, 5) is 5.16. The summed E-state index contributed by atoms with van der Waals surface area (Å²) in [5, 5.41) is 3.77. The first-order valence-corrected chi connectivity index (χ1v) is 8.34. The van der Waals surface area contributed by atoms with E-state index in [0.29, 0.717) is 0 Å². The average molecular weight is 267 g/mol. The quantitative estimate of drug-likeness (QED) is 0.771. The second-order valence-corrected chi connectivity index (χ2v) is 6.74. The molecule has 0 aromatic heterocycles. The normalized spacial score (nSPS) is 34.6. The number of likely N-dealkylation sites (tertiary alicyclic amines) is 2. The van der Waals surface area contributed by atoms with Crippen molar-refractivity contribution < 1.29 is 0 Å². The Labute approximate surface area is 119 Å². The zero-order valence-corrected chi connectivity index (χ0v) is 13.2. The standard InChI is InChI=1S/C16H33N3/c1-14-7-4-5-10-19(14)11-6-9-17-16-8-12-18(3)15(2)13-16/h14-17H,4-13H2,1-3H3. The van der Waals surface area contributed by atoms with Crippen molar-refractivity contribution in [2.45, 2.75) is 70.5 Å². The van der Waals surface area contributed by atoms with Crippen molar-refractivity contribution in [1.29, 1.82) is 0 Å². The van der Waals surface area contributed by atoms with E-state index in [1.165, 1.54) is 64.7 Å². The van der Waals surface area contributed by atoms with Crippen LogP contribution < -0.4 is 5.32 Å². The summed E-state index contributed by atoms with van der Waals surface area (Å²) in [6.45, 7) is 9.81. The highest BCUT2D eigenvalue weighted by atomic mass is 15.2. The van der Waals surface area contributed by atoms with E-state index < -0.39 is 0 Å². The molecule has 2 fully saturated rings. The predicted molar refractivity (Wildman–Crippen MR) is 82.6 cm³/mol. The molecule has 19 heavy (non-hydrogen) atoms. The fraction of sp³-hybridized carbons (Fsp3) is 1.00. The molecule has 2 heterocycles. The van der Waals surface area contributed by atoms with E-state index in [4.69, 9.17) is 0 Å². The number of hydrogen-bond donors (Lipinski definition) is 1. The van der Waals surface area contributed by atoms with E-state index in [0.717, 1.165) is 18.1 Å². The lowest BCUT2D eigenvalue weighted by Gasteiger charge is -2.36. The van der Waals surface area contributed by atoms with Crippen LogP contribution in [0.15, 0.2) is 0 Å². The molecule has 0 spiro atoms. The lowest BCUT2D eigenvalue weighted by atomic mass is 9.99. The van der Waals surface area contributed by atoms with Gasteiger partial charge < -0.3 is 15.1 Å². The van der Waals surface area contributed by atoms with Crippen molar-refractivity contribution in [3.05, 3.63) is 0 Å². The molecule has 3 heteroatoms. The smallest absolute Gasteiger partial charge is 0.00940 e. The largest absolute Gasteiger partial charge is 0.314 e. The van der Waals surface area contributed by atoms with Crippen molar-refractivity contribution in [3.8, 4) is 0 Å². The van der Waals surface area contributed by atoms with Gasteiger partial charge in [-0.05, 0) is 79.2 Å². The van der Waals surface area contributed by atoms with E-state index in [2.05, 4.69) is 36.0 Å². The van der Waals surface area contributed by atoms with Crippen LogP contribution in [-0.2, 0) is 0 Å². The van der Waals surface area contributed by atoms with Gasteiger partial charge in [0, 0.05) is 18.1 Å². The highest BCUT2D eigenvalue weighted by Gasteiger charge is 2.22. The van der Waals surface area contributed by atoms with Crippen molar-refractivity contribution in [3.63, 3.8) is 0 Å².